The predicted octanol–water partition coefficient (Wildman–Crippen LogP) is 0.166. The van der Waals surface area contributed by atoms with E-state index in [1.54, 1.807) is 0 Å². The van der Waals surface area contributed by atoms with Crippen LogP contribution in [0.1, 0.15) is 6.42 Å². The molecule has 1 aliphatic heterocycles. The van der Waals surface area contributed by atoms with Gasteiger partial charge in [0.15, 0.2) is 0 Å². The first-order chi connectivity index (χ1) is 4.79. The third-order valence-corrected chi connectivity index (χ3v) is 2.69. The van der Waals surface area contributed by atoms with Crippen molar-refractivity contribution in [1.82, 2.24) is 5.32 Å². The predicted molar refractivity (Wildman–Crippen MR) is 41.4 cm³/mol. The largest absolute Gasteiger partial charge is 0.481 e. The van der Waals surface area contributed by atoms with Gasteiger partial charge in [-0.05, 0) is 0 Å². The highest BCUT2D eigenvalue weighted by molar-refractivity contribution is 8.00. The molecule has 1 aliphatic rings. The molecule has 2 N–H and O–H groups in total. The first-order valence-electron chi connectivity index (χ1n) is 3.32. The van der Waals surface area contributed by atoms with Crippen LogP contribution < -0.4 is 5.32 Å². The summed E-state index contributed by atoms with van der Waals surface area (Å²) in [5, 5.41) is 11.4. The van der Waals surface area contributed by atoms with Gasteiger partial charge in [0.1, 0.15) is 0 Å². The maximum Gasteiger partial charge on any atom is 0.304 e. The SMILES string of the molecule is O=C(O)CCNC1CSC1. The van der Waals surface area contributed by atoms with Crippen LogP contribution >= 0.6 is 11.8 Å². The monoisotopic (exact) mass is 161 g/mol. The summed E-state index contributed by atoms with van der Waals surface area (Å²) >= 11 is 1.89. The molecule has 0 radical (unpaired) electrons. The third-order valence-electron chi connectivity index (χ3n) is 1.41. The van der Waals surface area contributed by atoms with Gasteiger partial charge in [-0.15, -0.1) is 0 Å². The molecule has 3 nitrogen and oxygen atoms in total. The van der Waals surface area contributed by atoms with Gasteiger partial charge in [0.25, 0.3) is 0 Å². The van der Waals surface area contributed by atoms with Crippen molar-refractivity contribution in [2.75, 3.05) is 18.1 Å². The normalized spacial score (nSPS) is 18.4. The molecule has 4 heteroatoms. The lowest BCUT2D eigenvalue weighted by Gasteiger charge is -2.25. The van der Waals surface area contributed by atoms with E-state index in [1.807, 2.05) is 11.8 Å². The molecular weight excluding hydrogens is 150 g/mol. The van der Waals surface area contributed by atoms with Gasteiger partial charge >= 0.3 is 5.97 Å². The van der Waals surface area contributed by atoms with Crippen molar-refractivity contribution in [3.8, 4) is 0 Å². The Morgan fingerprint density at radius 2 is 2.40 bits per heavy atom. The maximum atomic E-state index is 10.0. The molecule has 0 aliphatic carbocycles. The van der Waals surface area contributed by atoms with Gasteiger partial charge in [-0.1, -0.05) is 0 Å². The second kappa shape index (κ2) is 3.83. The van der Waals surface area contributed by atoms with Crippen LogP contribution in [-0.4, -0.2) is 35.2 Å². The molecule has 0 unspecified atom stereocenters. The lowest BCUT2D eigenvalue weighted by atomic mass is 10.3. The molecule has 10 heavy (non-hydrogen) atoms. The van der Waals surface area contributed by atoms with Gasteiger partial charge in [-0.2, -0.15) is 11.8 Å². The Morgan fingerprint density at radius 1 is 1.70 bits per heavy atom. The molecule has 58 valence electrons. The van der Waals surface area contributed by atoms with Crippen LogP contribution in [0.3, 0.4) is 0 Å². The molecule has 0 aromatic rings. The number of thioether (sulfide) groups is 1. The van der Waals surface area contributed by atoms with Crippen molar-refractivity contribution in [2.45, 2.75) is 12.5 Å². The Bertz CT molecular complexity index is 125. The molecule has 0 saturated carbocycles. The summed E-state index contributed by atoms with van der Waals surface area (Å²) in [5.41, 5.74) is 0. The fraction of sp³-hybridized carbons (Fsp3) is 0.833. The quantitative estimate of drug-likeness (QED) is 0.617. The summed E-state index contributed by atoms with van der Waals surface area (Å²) in [6.45, 7) is 0.612. The van der Waals surface area contributed by atoms with Crippen LogP contribution in [-0.2, 0) is 4.79 Å². The van der Waals surface area contributed by atoms with E-state index in [1.165, 1.54) is 0 Å². The zero-order valence-electron chi connectivity index (χ0n) is 5.67. The number of carbonyl (C=O) groups is 1. The average Bonchev–Trinajstić information content (AvgIpc) is 1.75. The Hall–Kier alpha value is -0.220. The molecule has 0 aromatic carbocycles. The smallest absolute Gasteiger partial charge is 0.304 e. The van der Waals surface area contributed by atoms with Crippen molar-refractivity contribution in [1.29, 1.82) is 0 Å². The molecule has 1 heterocycles. The van der Waals surface area contributed by atoms with Gasteiger partial charge in [0, 0.05) is 24.1 Å². The van der Waals surface area contributed by atoms with Crippen LogP contribution in [0.2, 0.25) is 0 Å². The molecular formula is C6H11NO2S. The number of hydrogen-bond donors (Lipinski definition) is 2. The van der Waals surface area contributed by atoms with Crippen LogP contribution in [0.5, 0.6) is 0 Å². The van der Waals surface area contributed by atoms with E-state index in [0.717, 1.165) is 11.5 Å². The highest BCUT2D eigenvalue weighted by Gasteiger charge is 2.16. The summed E-state index contributed by atoms with van der Waals surface area (Å²) in [4.78, 5) is 10.0. The first-order valence-corrected chi connectivity index (χ1v) is 4.47. The Kier molecular flexibility index (Phi) is 3.02. The summed E-state index contributed by atoms with van der Waals surface area (Å²) in [7, 11) is 0. The third kappa shape index (κ3) is 2.58. The fourth-order valence-corrected chi connectivity index (χ4v) is 1.44. The van der Waals surface area contributed by atoms with Gasteiger partial charge in [-0.3, -0.25) is 4.79 Å². The summed E-state index contributed by atoms with van der Waals surface area (Å²) in [6, 6.07) is 0.573. The zero-order chi connectivity index (χ0) is 7.40. The van der Waals surface area contributed by atoms with Crippen molar-refractivity contribution in [2.24, 2.45) is 0 Å². The van der Waals surface area contributed by atoms with Crippen molar-refractivity contribution in [3.05, 3.63) is 0 Å². The second-order valence-electron chi connectivity index (χ2n) is 2.33. The van der Waals surface area contributed by atoms with E-state index < -0.39 is 5.97 Å². The van der Waals surface area contributed by atoms with Crippen LogP contribution in [0.25, 0.3) is 0 Å². The molecule has 0 aromatic heterocycles. The Morgan fingerprint density at radius 3 is 2.80 bits per heavy atom. The Balaban J connectivity index is 1.89. The zero-order valence-corrected chi connectivity index (χ0v) is 6.49. The van der Waals surface area contributed by atoms with Gasteiger partial charge < -0.3 is 10.4 Å². The highest BCUT2D eigenvalue weighted by Crippen LogP contribution is 2.16. The van der Waals surface area contributed by atoms with E-state index in [4.69, 9.17) is 5.11 Å². The number of nitrogens with one attached hydrogen (secondary N) is 1. The standard InChI is InChI=1S/C6H11NO2S/c8-6(9)1-2-7-5-3-10-4-5/h5,7H,1-4H2,(H,8,9). The first kappa shape index (κ1) is 7.88. The molecule has 0 bridgehead atoms. The summed E-state index contributed by atoms with van der Waals surface area (Å²) in [6.07, 6.45) is 0.237. The molecule has 0 spiro atoms. The average molecular weight is 161 g/mol. The fourth-order valence-electron chi connectivity index (χ4n) is 0.737. The summed E-state index contributed by atoms with van der Waals surface area (Å²) in [5.74, 6) is 1.55. The maximum absolute atomic E-state index is 10.0. The Labute approximate surface area is 64.2 Å². The lowest BCUT2D eigenvalue weighted by molar-refractivity contribution is -0.136. The van der Waals surface area contributed by atoms with Crippen molar-refractivity contribution < 1.29 is 9.90 Å². The molecule has 1 saturated heterocycles. The van der Waals surface area contributed by atoms with Gasteiger partial charge in [0.05, 0.1) is 6.42 Å². The van der Waals surface area contributed by atoms with E-state index in [2.05, 4.69) is 5.32 Å². The minimum absolute atomic E-state index is 0.237. The minimum atomic E-state index is -0.723. The molecule has 0 atom stereocenters. The number of carboxylic acid groups (broad SMARTS) is 1. The van der Waals surface area contributed by atoms with Gasteiger partial charge in [0.2, 0.25) is 0 Å². The van der Waals surface area contributed by atoms with E-state index in [9.17, 15) is 4.79 Å². The van der Waals surface area contributed by atoms with Crippen LogP contribution in [0.15, 0.2) is 0 Å². The van der Waals surface area contributed by atoms with E-state index in [0.29, 0.717) is 12.6 Å². The molecule has 1 rings (SSSR count). The van der Waals surface area contributed by atoms with Crippen molar-refractivity contribution >= 4 is 17.7 Å². The number of carboxylic acids is 1. The topological polar surface area (TPSA) is 49.3 Å². The minimum Gasteiger partial charge on any atom is -0.481 e. The number of rotatable bonds is 4. The van der Waals surface area contributed by atoms with Crippen molar-refractivity contribution in [3.63, 3.8) is 0 Å². The van der Waals surface area contributed by atoms with Crippen LogP contribution in [0, 0.1) is 0 Å². The molecule has 0 amide bonds. The lowest BCUT2D eigenvalue weighted by Crippen LogP contribution is -2.41. The van der Waals surface area contributed by atoms with E-state index >= 15 is 0 Å². The highest BCUT2D eigenvalue weighted by atomic mass is 32.2. The van der Waals surface area contributed by atoms with E-state index in [-0.39, 0.29) is 6.42 Å². The van der Waals surface area contributed by atoms with Gasteiger partial charge in [-0.25, -0.2) is 0 Å². The molecule has 1 fully saturated rings. The second-order valence-corrected chi connectivity index (χ2v) is 3.41. The number of aliphatic carboxylic acids is 1. The summed E-state index contributed by atoms with van der Waals surface area (Å²) < 4.78 is 0. The van der Waals surface area contributed by atoms with Crippen LogP contribution in [0.4, 0.5) is 0 Å². The number of hydrogen-bond acceptors (Lipinski definition) is 3.